The lowest BCUT2D eigenvalue weighted by atomic mass is 10.1. The number of benzene rings is 2. The predicted molar refractivity (Wildman–Crippen MR) is 111 cm³/mol. The second-order valence-corrected chi connectivity index (χ2v) is 7.82. The SMILES string of the molecule is CCCn1c(SCC(=O)c2ccc3c(c2)NC(=O)CO3)nc2cc(Cl)ccc21. The highest BCUT2D eigenvalue weighted by molar-refractivity contribution is 7.99. The Bertz CT molecular complexity index is 1080. The molecule has 2 heterocycles. The average molecular weight is 416 g/mol. The van der Waals surface area contributed by atoms with Crippen molar-refractivity contribution in [1.82, 2.24) is 9.55 Å². The molecule has 3 aromatic rings. The predicted octanol–water partition coefficient (Wildman–Crippen LogP) is 4.41. The molecule has 0 saturated carbocycles. The van der Waals surface area contributed by atoms with Crippen molar-refractivity contribution in [1.29, 1.82) is 0 Å². The lowest BCUT2D eigenvalue weighted by Gasteiger charge is -2.18. The summed E-state index contributed by atoms with van der Waals surface area (Å²) in [5.74, 6) is 0.554. The Kier molecular flexibility index (Phi) is 5.28. The maximum Gasteiger partial charge on any atom is 0.262 e. The molecule has 4 rings (SSSR count). The Balaban J connectivity index is 1.54. The summed E-state index contributed by atoms with van der Waals surface area (Å²) in [6, 6.07) is 10.7. The summed E-state index contributed by atoms with van der Waals surface area (Å²) in [7, 11) is 0. The highest BCUT2D eigenvalue weighted by atomic mass is 35.5. The molecule has 0 bridgehead atoms. The lowest BCUT2D eigenvalue weighted by molar-refractivity contribution is -0.118. The van der Waals surface area contributed by atoms with Crippen molar-refractivity contribution in [2.24, 2.45) is 0 Å². The Morgan fingerprint density at radius 1 is 1.32 bits per heavy atom. The molecule has 0 radical (unpaired) electrons. The first kappa shape index (κ1) is 18.8. The van der Waals surface area contributed by atoms with Gasteiger partial charge in [-0.3, -0.25) is 9.59 Å². The number of carbonyl (C=O) groups is 2. The summed E-state index contributed by atoms with van der Waals surface area (Å²) >= 11 is 7.48. The number of ketones is 1. The summed E-state index contributed by atoms with van der Waals surface area (Å²) < 4.78 is 7.45. The van der Waals surface area contributed by atoms with Crippen molar-refractivity contribution in [3.05, 3.63) is 47.0 Å². The summed E-state index contributed by atoms with van der Waals surface area (Å²) in [6.07, 6.45) is 0.958. The fourth-order valence-corrected chi connectivity index (χ4v) is 4.20. The van der Waals surface area contributed by atoms with Crippen molar-refractivity contribution in [3.8, 4) is 5.75 Å². The molecule has 2 aromatic carbocycles. The smallest absolute Gasteiger partial charge is 0.262 e. The van der Waals surface area contributed by atoms with Crippen LogP contribution in [-0.2, 0) is 11.3 Å². The van der Waals surface area contributed by atoms with E-state index in [1.54, 1.807) is 18.2 Å². The minimum absolute atomic E-state index is 0.00614. The van der Waals surface area contributed by atoms with Gasteiger partial charge in [-0.1, -0.05) is 30.3 Å². The van der Waals surface area contributed by atoms with E-state index < -0.39 is 0 Å². The molecular formula is C20H18ClN3O3S. The van der Waals surface area contributed by atoms with Gasteiger partial charge < -0.3 is 14.6 Å². The van der Waals surface area contributed by atoms with E-state index in [0.717, 1.165) is 29.2 Å². The van der Waals surface area contributed by atoms with E-state index in [4.69, 9.17) is 16.3 Å². The van der Waals surface area contributed by atoms with Gasteiger partial charge in [-0.25, -0.2) is 4.98 Å². The van der Waals surface area contributed by atoms with Crippen LogP contribution < -0.4 is 10.1 Å². The second kappa shape index (κ2) is 7.85. The zero-order chi connectivity index (χ0) is 19.7. The van der Waals surface area contributed by atoms with Gasteiger partial charge in [0, 0.05) is 17.1 Å². The molecule has 8 heteroatoms. The molecule has 1 aliphatic heterocycles. The van der Waals surface area contributed by atoms with E-state index in [-0.39, 0.29) is 24.1 Å². The minimum atomic E-state index is -0.224. The highest BCUT2D eigenvalue weighted by Crippen LogP contribution is 2.30. The number of thioether (sulfide) groups is 1. The number of amides is 1. The fourth-order valence-electron chi connectivity index (χ4n) is 3.10. The monoisotopic (exact) mass is 415 g/mol. The van der Waals surface area contributed by atoms with Crippen LogP contribution in [0.3, 0.4) is 0 Å². The van der Waals surface area contributed by atoms with E-state index in [2.05, 4.69) is 21.8 Å². The van der Waals surface area contributed by atoms with Crippen LogP contribution in [0, 0.1) is 0 Å². The molecule has 0 spiro atoms. The molecule has 144 valence electrons. The number of aryl methyl sites for hydroxylation is 1. The van der Waals surface area contributed by atoms with Gasteiger partial charge in [0.25, 0.3) is 5.91 Å². The number of nitrogens with one attached hydrogen (secondary N) is 1. The second-order valence-electron chi connectivity index (χ2n) is 6.44. The molecule has 6 nitrogen and oxygen atoms in total. The third kappa shape index (κ3) is 3.72. The molecule has 1 aliphatic rings. The van der Waals surface area contributed by atoms with Crippen LogP contribution in [0.1, 0.15) is 23.7 Å². The third-order valence-electron chi connectivity index (χ3n) is 4.39. The number of imidazole rings is 1. The number of aromatic nitrogens is 2. The molecule has 1 amide bonds. The quantitative estimate of drug-likeness (QED) is 0.477. The molecule has 28 heavy (non-hydrogen) atoms. The number of fused-ring (bicyclic) bond motifs is 2. The lowest BCUT2D eigenvalue weighted by Crippen LogP contribution is -2.25. The van der Waals surface area contributed by atoms with Gasteiger partial charge in [0.15, 0.2) is 17.5 Å². The molecule has 1 aromatic heterocycles. The topological polar surface area (TPSA) is 73.2 Å². The standard InChI is InChI=1S/C20H18ClN3O3S/c1-2-7-24-16-5-4-13(21)9-14(16)23-20(24)28-11-17(25)12-3-6-18-15(8-12)22-19(26)10-27-18/h3-6,8-9H,2,7,10-11H2,1H3,(H,22,26). The van der Waals surface area contributed by atoms with Crippen molar-refractivity contribution >= 4 is 51.8 Å². The normalized spacial score (nSPS) is 13.1. The average Bonchev–Trinajstić information content (AvgIpc) is 3.02. The van der Waals surface area contributed by atoms with Gasteiger partial charge >= 0.3 is 0 Å². The van der Waals surface area contributed by atoms with Crippen LogP contribution in [0.25, 0.3) is 11.0 Å². The fraction of sp³-hybridized carbons (Fsp3) is 0.250. The molecule has 1 N–H and O–H groups in total. The molecule has 0 fully saturated rings. The Morgan fingerprint density at radius 2 is 2.18 bits per heavy atom. The number of halogens is 1. The maximum atomic E-state index is 12.7. The number of rotatable bonds is 6. The van der Waals surface area contributed by atoms with Crippen LogP contribution in [0.4, 0.5) is 5.69 Å². The molecule has 0 atom stereocenters. The first-order valence-electron chi connectivity index (χ1n) is 8.93. The number of hydrogen-bond acceptors (Lipinski definition) is 5. The van der Waals surface area contributed by atoms with E-state index in [0.29, 0.717) is 22.0 Å². The Labute approximate surface area is 171 Å². The number of ether oxygens (including phenoxy) is 1. The molecule has 0 unspecified atom stereocenters. The molecule has 0 saturated heterocycles. The summed E-state index contributed by atoms with van der Waals surface area (Å²) in [5, 5.41) is 4.16. The zero-order valence-electron chi connectivity index (χ0n) is 15.2. The highest BCUT2D eigenvalue weighted by Gasteiger charge is 2.19. The van der Waals surface area contributed by atoms with Gasteiger partial charge in [0.2, 0.25) is 0 Å². The van der Waals surface area contributed by atoms with Crippen LogP contribution in [0.5, 0.6) is 5.75 Å². The number of hydrogen-bond donors (Lipinski definition) is 1. The van der Waals surface area contributed by atoms with Crippen LogP contribution in [0.2, 0.25) is 5.02 Å². The largest absolute Gasteiger partial charge is 0.482 e. The minimum Gasteiger partial charge on any atom is -0.482 e. The molecular weight excluding hydrogens is 398 g/mol. The molecule has 0 aliphatic carbocycles. The van der Waals surface area contributed by atoms with Gasteiger partial charge in [-0.2, -0.15) is 0 Å². The van der Waals surface area contributed by atoms with Gasteiger partial charge in [-0.05, 0) is 42.8 Å². The third-order valence-corrected chi connectivity index (χ3v) is 5.60. The number of Topliss-reactive ketones (excluding diaryl/α,β-unsaturated/α-hetero) is 1. The van der Waals surface area contributed by atoms with Gasteiger partial charge in [0.05, 0.1) is 22.5 Å². The number of nitrogens with zero attached hydrogens (tertiary/aromatic N) is 2. The number of carbonyl (C=O) groups excluding carboxylic acids is 2. The van der Waals surface area contributed by atoms with Gasteiger partial charge in [-0.15, -0.1) is 0 Å². The van der Waals surface area contributed by atoms with E-state index in [1.165, 1.54) is 11.8 Å². The van der Waals surface area contributed by atoms with Crippen LogP contribution in [-0.4, -0.2) is 33.6 Å². The summed E-state index contributed by atoms with van der Waals surface area (Å²) in [5.41, 5.74) is 2.89. The maximum absolute atomic E-state index is 12.7. The van der Waals surface area contributed by atoms with Crippen molar-refractivity contribution in [2.45, 2.75) is 25.0 Å². The first-order valence-corrected chi connectivity index (χ1v) is 10.3. The van der Waals surface area contributed by atoms with E-state index in [9.17, 15) is 9.59 Å². The summed E-state index contributed by atoms with van der Waals surface area (Å²) in [4.78, 5) is 28.8. The van der Waals surface area contributed by atoms with Crippen LogP contribution in [0.15, 0.2) is 41.6 Å². The first-order chi connectivity index (χ1) is 13.5. The number of anilines is 1. The Morgan fingerprint density at radius 3 is 3.00 bits per heavy atom. The van der Waals surface area contributed by atoms with Crippen molar-refractivity contribution < 1.29 is 14.3 Å². The van der Waals surface area contributed by atoms with Gasteiger partial charge in [0.1, 0.15) is 5.75 Å². The van der Waals surface area contributed by atoms with E-state index in [1.807, 2.05) is 18.2 Å². The zero-order valence-corrected chi connectivity index (χ0v) is 16.8. The Hall–Kier alpha value is -2.51. The van der Waals surface area contributed by atoms with Crippen LogP contribution >= 0.6 is 23.4 Å². The van der Waals surface area contributed by atoms with Crippen molar-refractivity contribution in [2.75, 3.05) is 17.7 Å². The van der Waals surface area contributed by atoms with Crippen molar-refractivity contribution in [3.63, 3.8) is 0 Å². The summed E-state index contributed by atoms with van der Waals surface area (Å²) in [6.45, 7) is 2.91. The van der Waals surface area contributed by atoms with E-state index >= 15 is 0 Å².